The second-order valence-corrected chi connectivity index (χ2v) is 8.89. The van der Waals surface area contributed by atoms with E-state index in [1.807, 2.05) is 0 Å². The average molecular weight is 538 g/mol. The van der Waals surface area contributed by atoms with Crippen molar-refractivity contribution >= 4 is 24.1 Å². The van der Waals surface area contributed by atoms with E-state index < -0.39 is 29.0 Å². The Balaban J connectivity index is 0.00000380. The normalized spacial score (nSPS) is 13.7. The SMILES string of the molecule is Cl.Cn1cnc(C(=O)NCc2ccc(COc3ccc(C(=O)C4CCCC4)c(O)c3C(F)(F)F)cc2)c1. The van der Waals surface area contributed by atoms with Gasteiger partial charge >= 0.3 is 6.18 Å². The highest BCUT2D eigenvalue weighted by Gasteiger charge is 2.40. The van der Waals surface area contributed by atoms with Crippen molar-refractivity contribution in [3.8, 4) is 11.5 Å². The number of nitrogens with zero attached hydrogens (tertiary/aromatic N) is 2. The minimum absolute atomic E-state index is 0. The van der Waals surface area contributed by atoms with Crippen molar-refractivity contribution in [2.24, 2.45) is 13.0 Å². The number of phenols is 1. The van der Waals surface area contributed by atoms with Gasteiger partial charge in [0.05, 0.1) is 11.9 Å². The molecule has 1 aliphatic rings. The molecule has 7 nitrogen and oxygen atoms in total. The molecule has 2 N–H and O–H groups in total. The molecule has 198 valence electrons. The molecular weight excluding hydrogens is 511 g/mol. The van der Waals surface area contributed by atoms with Crippen molar-refractivity contribution in [3.05, 3.63) is 76.9 Å². The number of aryl methyl sites for hydroxylation is 1. The van der Waals surface area contributed by atoms with Gasteiger partial charge in [-0.25, -0.2) is 4.98 Å². The highest BCUT2D eigenvalue weighted by Crippen LogP contribution is 2.45. The van der Waals surface area contributed by atoms with Crippen molar-refractivity contribution in [1.29, 1.82) is 0 Å². The fourth-order valence-electron chi connectivity index (χ4n) is 4.29. The first-order valence-corrected chi connectivity index (χ1v) is 11.6. The van der Waals surface area contributed by atoms with Gasteiger partial charge in [-0.15, -0.1) is 12.4 Å². The summed E-state index contributed by atoms with van der Waals surface area (Å²) in [5.74, 6) is -2.79. The largest absolute Gasteiger partial charge is 0.506 e. The number of amides is 1. The molecule has 11 heteroatoms. The van der Waals surface area contributed by atoms with E-state index in [2.05, 4.69) is 10.3 Å². The lowest BCUT2D eigenvalue weighted by molar-refractivity contribution is -0.140. The second kappa shape index (κ2) is 11.7. The highest BCUT2D eigenvalue weighted by molar-refractivity contribution is 6.01. The van der Waals surface area contributed by atoms with E-state index in [1.54, 1.807) is 42.1 Å². The van der Waals surface area contributed by atoms with E-state index in [0.29, 0.717) is 24.1 Å². The van der Waals surface area contributed by atoms with Gasteiger partial charge in [0, 0.05) is 25.7 Å². The zero-order valence-corrected chi connectivity index (χ0v) is 20.9. The summed E-state index contributed by atoms with van der Waals surface area (Å²) in [6, 6.07) is 9.09. The smallest absolute Gasteiger partial charge is 0.423 e. The molecule has 1 aliphatic carbocycles. The number of rotatable bonds is 8. The van der Waals surface area contributed by atoms with Gasteiger partial charge in [-0.1, -0.05) is 37.1 Å². The molecule has 0 spiro atoms. The summed E-state index contributed by atoms with van der Waals surface area (Å²) in [6.45, 7) is 0.0676. The topological polar surface area (TPSA) is 93.5 Å². The first-order chi connectivity index (χ1) is 17.1. The Morgan fingerprint density at radius 1 is 1.11 bits per heavy atom. The number of phenolic OH excluding ortho intramolecular Hbond substituents is 1. The Kier molecular flexibility index (Phi) is 8.85. The van der Waals surface area contributed by atoms with Crippen LogP contribution in [-0.4, -0.2) is 26.3 Å². The first kappa shape index (κ1) is 28.0. The molecule has 1 heterocycles. The molecule has 0 atom stereocenters. The quantitative estimate of drug-likeness (QED) is 0.373. The number of hydrogen-bond donors (Lipinski definition) is 2. The van der Waals surface area contributed by atoms with Crippen LogP contribution in [0.15, 0.2) is 48.9 Å². The van der Waals surface area contributed by atoms with E-state index in [4.69, 9.17) is 4.74 Å². The lowest BCUT2D eigenvalue weighted by Gasteiger charge is -2.18. The maximum absolute atomic E-state index is 13.8. The van der Waals surface area contributed by atoms with Crippen molar-refractivity contribution in [1.82, 2.24) is 14.9 Å². The van der Waals surface area contributed by atoms with Crippen molar-refractivity contribution in [2.75, 3.05) is 0 Å². The Hall–Kier alpha value is -3.53. The monoisotopic (exact) mass is 537 g/mol. The van der Waals surface area contributed by atoms with Crippen LogP contribution in [0.25, 0.3) is 0 Å². The summed E-state index contributed by atoms with van der Waals surface area (Å²) >= 11 is 0. The maximum atomic E-state index is 13.8. The van der Waals surface area contributed by atoms with E-state index in [-0.39, 0.29) is 42.9 Å². The lowest BCUT2D eigenvalue weighted by Crippen LogP contribution is -2.23. The maximum Gasteiger partial charge on any atom is 0.423 e. The number of nitrogens with one attached hydrogen (secondary N) is 1. The van der Waals surface area contributed by atoms with Gasteiger partial charge in [0.1, 0.15) is 29.4 Å². The Labute approximate surface area is 218 Å². The number of Topliss-reactive ketones (excluding diaryl/α,β-unsaturated/α-hetero) is 1. The van der Waals surface area contributed by atoms with Gasteiger partial charge in [0.2, 0.25) is 0 Å². The fraction of sp³-hybridized carbons (Fsp3) is 0.346. The van der Waals surface area contributed by atoms with Crippen LogP contribution in [0.3, 0.4) is 0 Å². The summed E-state index contributed by atoms with van der Waals surface area (Å²) in [5.41, 5.74) is 0.000964. The van der Waals surface area contributed by atoms with Crippen LogP contribution in [0, 0.1) is 5.92 Å². The van der Waals surface area contributed by atoms with E-state index in [9.17, 15) is 27.9 Å². The Morgan fingerprint density at radius 2 is 1.76 bits per heavy atom. The molecule has 0 radical (unpaired) electrons. The van der Waals surface area contributed by atoms with Crippen molar-refractivity contribution < 1.29 is 32.6 Å². The number of carbonyl (C=O) groups is 2. The van der Waals surface area contributed by atoms with Crippen LogP contribution in [0.1, 0.15) is 63.2 Å². The molecule has 0 bridgehead atoms. The number of aromatic nitrogens is 2. The molecule has 0 aliphatic heterocycles. The second-order valence-electron chi connectivity index (χ2n) is 8.89. The standard InChI is InChI=1S/C26H26F3N3O4.ClH/c1-32-13-20(31-15-32)25(35)30-12-16-6-8-17(9-7-16)14-36-21-11-10-19(23(33)18-4-2-3-5-18)24(34)22(21)26(27,28)29;/h6-11,13,15,18,34H,2-5,12,14H2,1H3,(H,30,35);1H. The minimum atomic E-state index is -4.90. The number of halogens is 4. The van der Waals surface area contributed by atoms with Gasteiger partial charge in [-0.2, -0.15) is 13.2 Å². The van der Waals surface area contributed by atoms with Gasteiger partial charge in [-0.3, -0.25) is 9.59 Å². The van der Waals surface area contributed by atoms with Gasteiger partial charge in [0.25, 0.3) is 5.91 Å². The van der Waals surface area contributed by atoms with Crippen LogP contribution >= 0.6 is 12.4 Å². The third-order valence-electron chi connectivity index (χ3n) is 6.22. The molecule has 1 aromatic heterocycles. The van der Waals surface area contributed by atoms with Crippen molar-refractivity contribution in [2.45, 2.75) is 45.0 Å². The zero-order valence-electron chi connectivity index (χ0n) is 20.0. The number of hydrogen-bond acceptors (Lipinski definition) is 5. The average Bonchev–Trinajstić information content (AvgIpc) is 3.53. The lowest BCUT2D eigenvalue weighted by atomic mass is 9.93. The van der Waals surface area contributed by atoms with Gasteiger partial charge in [-0.05, 0) is 36.1 Å². The highest BCUT2D eigenvalue weighted by atomic mass is 35.5. The minimum Gasteiger partial charge on any atom is -0.506 e. The summed E-state index contributed by atoms with van der Waals surface area (Å²) in [6.07, 6.45) is 1.14. The van der Waals surface area contributed by atoms with E-state index in [1.165, 1.54) is 12.4 Å². The first-order valence-electron chi connectivity index (χ1n) is 11.6. The fourth-order valence-corrected chi connectivity index (χ4v) is 4.29. The van der Waals surface area contributed by atoms with Gasteiger partial charge in [0.15, 0.2) is 5.78 Å². The molecule has 3 aromatic rings. The summed E-state index contributed by atoms with van der Waals surface area (Å²) in [7, 11) is 1.76. The Bertz CT molecular complexity index is 1250. The molecule has 1 amide bonds. The van der Waals surface area contributed by atoms with Gasteiger partial charge < -0.3 is 19.7 Å². The van der Waals surface area contributed by atoms with Crippen LogP contribution in [0.5, 0.6) is 11.5 Å². The molecule has 2 aromatic carbocycles. The molecular formula is C26H27ClF3N3O4. The molecule has 0 saturated heterocycles. The third kappa shape index (κ3) is 6.62. The summed E-state index contributed by atoms with van der Waals surface area (Å²) in [4.78, 5) is 28.7. The predicted molar refractivity (Wildman–Crippen MR) is 132 cm³/mol. The number of aromatic hydroxyl groups is 1. The predicted octanol–water partition coefficient (Wildman–Crippen LogP) is 5.45. The number of ether oxygens (including phenoxy) is 1. The van der Waals surface area contributed by atoms with E-state index >= 15 is 0 Å². The van der Waals surface area contributed by atoms with E-state index in [0.717, 1.165) is 24.5 Å². The van der Waals surface area contributed by atoms with Crippen LogP contribution in [0.2, 0.25) is 0 Å². The summed E-state index contributed by atoms with van der Waals surface area (Å²) < 4.78 is 48.5. The number of imidazole rings is 1. The third-order valence-corrected chi connectivity index (χ3v) is 6.22. The zero-order chi connectivity index (χ0) is 25.9. The summed E-state index contributed by atoms with van der Waals surface area (Å²) in [5, 5.41) is 13.1. The number of ketones is 1. The number of carbonyl (C=O) groups excluding carboxylic acids is 2. The molecule has 1 saturated carbocycles. The van der Waals surface area contributed by atoms with Crippen molar-refractivity contribution in [3.63, 3.8) is 0 Å². The Morgan fingerprint density at radius 3 is 2.35 bits per heavy atom. The molecule has 0 unspecified atom stereocenters. The molecule has 1 fully saturated rings. The molecule has 37 heavy (non-hydrogen) atoms. The van der Waals surface area contributed by atoms with Crippen LogP contribution in [-0.2, 0) is 26.4 Å². The number of alkyl halides is 3. The number of benzene rings is 2. The van der Waals surface area contributed by atoms with Crippen LogP contribution < -0.4 is 10.1 Å². The molecule has 4 rings (SSSR count). The van der Waals surface area contributed by atoms with Crippen LogP contribution in [0.4, 0.5) is 13.2 Å².